The summed E-state index contributed by atoms with van der Waals surface area (Å²) in [5.74, 6) is -0.819. The number of thiazole rings is 1. The van der Waals surface area contributed by atoms with E-state index in [4.69, 9.17) is 5.73 Å². The van der Waals surface area contributed by atoms with Crippen molar-refractivity contribution in [1.29, 1.82) is 0 Å². The fourth-order valence-corrected chi connectivity index (χ4v) is 4.08. The normalized spacial score (nSPS) is 12.6. The lowest BCUT2D eigenvalue weighted by Gasteiger charge is -2.23. The molecule has 0 saturated carbocycles. The molecule has 0 unspecified atom stereocenters. The highest BCUT2D eigenvalue weighted by atomic mass is 32.2. The maximum absolute atomic E-state index is 14.0. The van der Waals surface area contributed by atoms with Crippen molar-refractivity contribution in [2.45, 2.75) is 30.8 Å². The van der Waals surface area contributed by atoms with Gasteiger partial charge in [-0.1, -0.05) is 6.07 Å². The van der Waals surface area contributed by atoms with E-state index in [9.17, 15) is 12.8 Å². The average molecular weight is 329 g/mol. The predicted molar refractivity (Wildman–Crippen MR) is 79.8 cm³/mol. The molecule has 8 heteroatoms. The van der Waals surface area contributed by atoms with Crippen LogP contribution in [-0.2, 0) is 22.1 Å². The first-order chi connectivity index (χ1) is 9.76. The molecule has 0 aliphatic rings. The summed E-state index contributed by atoms with van der Waals surface area (Å²) in [6.45, 7) is 3.50. The number of nitrogens with two attached hydrogens (primary N) is 1. The summed E-state index contributed by atoms with van der Waals surface area (Å²) in [4.78, 5) is 3.70. The van der Waals surface area contributed by atoms with Gasteiger partial charge in [-0.3, -0.25) is 0 Å². The molecule has 114 valence electrons. The minimum atomic E-state index is -4.00. The zero-order valence-corrected chi connectivity index (χ0v) is 13.3. The van der Waals surface area contributed by atoms with Crippen LogP contribution < -0.4 is 10.5 Å². The van der Waals surface area contributed by atoms with E-state index in [1.54, 1.807) is 25.4 Å². The number of aromatic nitrogens is 1. The molecule has 21 heavy (non-hydrogen) atoms. The standard InChI is InChI=1S/C13H16FN3O2S2/c1-13(2,12-16-5-6-20-12)17-21(18,19)11-4-3-9(8-15)7-10(11)14/h3-7,17H,8,15H2,1-2H3. The first-order valence-electron chi connectivity index (χ1n) is 6.19. The Labute approximate surface area is 127 Å². The molecule has 3 N–H and O–H groups in total. The molecule has 0 radical (unpaired) electrons. The van der Waals surface area contributed by atoms with Crippen molar-refractivity contribution in [1.82, 2.24) is 9.71 Å². The minimum absolute atomic E-state index is 0.148. The summed E-state index contributed by atoms with van der Waals surface area (Å²) in [6, 6.07) is 3.84. The van der Waals surface area contributed by atoms with Gasteiger partial charge in [0.25, 0.3) is 0 Å². The highest BCUT2D eigenvalue weighted by molar-refractivity contribution is 7.89. The second-order valence-corrected chi connectivity index (χ2v) is 7.58. The smallest absolute Gasteiger partial charge is 0.244 e. The Bertz CT molecular complexity index is 728. The van der Waals surface area contributed by atoms with Crippen molar-refractivity contribution in [3.63, 3.8) is 0 Å². The second-order valence-electron chi connectivity index (χ2n) is 5.04. The van der Waals surface area contributed by atoms with Crippen LogP contribution in [0.5, 0.6) is 0 Å². The van der Waals surface area contributed by atoms with Crippen LogP contribution in [0.4, 0.5) is 4.39 Å². The number of hydrogen-bond donors (Lipinski definition) is 2. The monoisotopic (exact) mass is 329 g/mol. The lowest BCUT2D eigenvalue weighted by atomic mass is 10.1. The summed E-state index contributed by atoms with van der Waals surface area (Å²) < 4.78 is 41.2. The van der Waals surface area contributed by atoms with Gasteiger partial charge in [-0.25, -0.2) is 17.8 Å². The quantitative estimate of drug-likeness (QED) is 0.878. The molecule has 0 saturated heterocycles. The number of halogens is 1. The Balaban J connectivity index is 2.35. The molecule has 1 aromatic heterocycles. The topological polar surface area (TPSA) is 85.1 Å². The van der Waals surface area contributed by atoms with Gasteiger partial charge >= 0.3 is 0 Å². The molecule has 2 aromatic rings. The van der Waals surface area contributed by atoms with E-state index in [0.29, 0.717) is 10.6 Å². The number of sulfonamides is 1. The van der Waals surface area contributed by atoms with Gasteiger partial charge in [0.05, 0.1) is 5.54 Å². The number of benzene rings is 1. The third kappa shape index (κ3) is 3.46. The fourth-order valence-electron chi connectivity index (χ4n) is 1.86. The molecule has 2 rings (SSSR count). The average Bonchev–Trinajstić information content (AvgIpc) is 2.91. The van der Waals surface area contributed by atoms with Gasteiger partial charge in [0.1, 0.15) is 15.7 Å². The molecule has 1 aromatic carbocycles. The maximum atomic E-state index is 14.0. The van der Waals surface area contributed by atoms with Crippen molar-refractivity contribution in [3.05, 3.63) is 46.2 Å². The number of nitrogens with one attached hydrogen (secondary N) is 1. The van der Waals surface area contributed by atoms with Crippen LogP contribution in [0.15, 0.2) is 34.7 Å². The van der Waals surface area contributed by atoms with Crippen molar-refractivity contribution in [2.75, 3.05) is 0 Å². The molecule has 0 fully saturated rings. The lowest BCUT2D eigenvalue weighted by Crippen LogP contribution is -2.41. The van der Waals surface area contributed by atoms with E-state index in [1.165, 1.54) is 23.5 Å². The van der Waals surface area contributed by atoms with Crippen molar-refractivity contribution >= 4 is 21.4 Å². The van der Waals surface area contributed by atoms with Gasteiger partial charge in [0.15, 0.2) is 0 Å². The predicted octanol–water partition coefficient (Wildman–Crippen LogP) is 1.95. The zero-order valence-electron chi connectivity index (χ0n) is 11.6. The minimum Gasteiger partial charge on any atom is -0.326 e. The van der Waals surface area contributed by atoms with E-state index in [1.807, 2.05) is 0 Å². The zero-order chi connectivity index (χ0) is 15.7. The van der Waals surface area contributed by atoms with Gasteiger partial charge in [-0.05, 0) is 31.5 Å². The number of nitrogens with zero attached hydrogens (tertiary/aromatic N) is 1. The van der Waals surface area contributed by atoms with E-state index >= 15 is 0 Å². The summed E-state index contributed by atoms with van der Waals surface area (Å²) >= 11 is 1.33. The Morgan fingerprint density at radius 1 is 1.43 bits per heavy atom. The third-order valence-corrected chi connectivity index (χ3v) is 5.66. The molecule has 0 bridgehead atoms. The highest BCUT2D eigenvalue weighted by Crippen LogP contribution is 2.25. The third-order valence-electron chi connectivity index (χ3n) is 2.88. The Kier molecular flexibility index (Phi) is 4.43. The molecular weight excluding hydrogens is 313 g/mol. The van der Waals surface area contributed by atoms with E-state index in [0.717, 1.165) is 6.07 Å². The molecule has 0 atom stereocenters. The van der Waals surface area contributed by atoms with Crippen molar-refractivity contribution < 1.29 is 12.8 Å². The van der Waals surface area contributed by atoms with Crippen LogP contribution in [-0.4, -0.2) is 13.4 Å². The lowest BCUT2D eigenvalue weighted by molar-refractivity contribution is 0.466. The fraction of sp³-hybridized carbons (Fsp3) is 0.308. The molecular formula is C13H16FN3O2S2. The molecule has 0 aliphatic heterocycles. The van der Waals surface area contributed by atoms with Crippen molar-refractivity contribution in [3.8, 4) is 0 Å². The molecule has 0 amide bonds. The van der Waals surface area contributed by atoms with Crippen LogP contribution in [0.1, 0.15) is 24.4 Å². The van der Waals surface area contributed by atoms with Crippen molar-refractivity contribution in [2.24, 2.45) is 5.73 Å². The van der Waals surface area contributed by atoms with Crippen LogP contribution in [0.3, 0.4) is 0 Å². The Morgan fingerprint density at radius 3 is 2.67 bits per heavy atom. The van der Waals surface area contributed by atoms with Gasteiger partial charge in [-0.2, -0.15) is 4.72 Å². The van der Waals surface area contributed by atoms with E-state index in [-0.39, 0.29) is 6.54 Å². The van der Waals surface area contributed by atoms with Gasteiger partial charge in [0, 0.05) is 18.1 Å². The molecule has 0 aliphatic carbocycles. The highest BCUT2D eigenvalue weighted by Gasteiger charge is 2.31. The summed E-state index contributed by atoms with van der Waals surface area (Å²) in [5.41, 5.74) is 5.01. The first-order valence-corrected chi connectivity index (χ1v) is 8.55. The molecule has 5 nitrogen and oxygen atoms in total. The number of hydrogen-bond acceptors (Lipinski definition) is 5. The van der Waals surface area contributed by atoms with Crippen LogP contribution in [0.25, 0.3) is 0 Å². The van der Waals surface area contributed by atoms with Gasteiger partial charge < -0.3 is 5.73 Å². The van der Waals surface area contributed by atoms with Crippen LogP contribution >= 0.6 is 11.3 Å². The van der Waals surface area contributed by atoms with Crippen LogP contribution in [0.2, 0.25) is 0 Å². The summed E-state index contributed by atoms with van der Waals surface area (Å²) in [7, 11) is -4.00. The molecule has 1 heterocycles. The first kappa shape index (κ1) is 16.0. The second kappa shape index (κ2) is 5.80. The largest absolute Gasteiger partial charge is 0.326 e. The Morgan fingerprint density at radius 2 is 2.14 bits per heavy atom. The Hall–Kier alpha value is -1.35. The maximum Gasteiger partial charge on any atom is 0.244 e. The van der Waals surface area contributed by atoms with E-state index in [2.05, 4.69) is 9.71 Å². The summed E-state index contributed by atoms with van der Waals surface area (Å²) in [5, 5.41) is 2.35. The van der Waals surface area contributed by atoms with Crippen LogP contribution in [0, 0.1) is 5.82 Å². The number of rotatable bonds is 5. The molecule has 0 spiro atoms. The van der Waals surface area contributed by atoms with Gasteiger partial charge in [0.2, 0.25) is 10.0 Å². The van der Waals surface area contributed by atoms with Gasteiger partial charge in [-0.15, -0.1) is 11.3 Å². The van der Waals surface area contributed by atoms with E-state index < -0.39 is 26.3 Å². The summed E-state index contributed by atoms with van der Waals surface area (Å²) in [6.07, 6.45) is 1.59. The SMILES string of the molecule is CC(C)(NS(=O)(=O)c1ccc(CN)cc1F)c1nccs1.